The first kappa shape index (κ1) is 17.0. The summed E-state index contributed by atoms with van der Waals surface area (Å²) in [4.78, 5) is 15.1. The van der Waals surface area contributed by atoms with Gasteiger partial charge in [0.15, 0.2) is 0 Å². The summed E-state index contributed by atoms with van der Waals surface area (Å²) in [5.41, 5.74) is 1.40. The molecule has 0 spiro atoms. The van der Waals surface area contributed by atoms with Crippen LogP contribution in [0, 0.1) is 11.8 Å². The number of nitrogens with one attached hydrogen (secondary N) is 1. The third kappa shape index (κ3) is 3.34. The van der Waals surface area contributed by atoms with Crippen molar-refractivity contribution in [3.8, 4) is 0 Å². The first-order valence-corrected chi connectivity index (χ1v) is 9.93. The Morgan fingerprint density at radius 2 is 1.80 bits per heavy atom. The van der Waals surface area contributed by atoms with Crippen molar-refractivity contribution < 1.29 is 9.53 Å². The summed E-state index contributed by atoms with van der Waals surface area (Å²) >= 11 is 0. The summed E-state index contributed by atoms with van der Waals surface area (Å²) in [6.07, 6.45) is 5.24. The number of rotatable bonds is 4. The Kier molecular flexibility index (Phi) is 5.09. The third-order valence-electron chi connectivity index (χ3n) is 6.65. The Morgan fingerprint density at radius 3 is 2.52 bits per heavy atom. The van der Waals surface area contributed by atoms with Gasteiger partial charge in [0, 0.05) is 25.0 Å². The summed E-state index contributed by atoms with van der Waals surface area (Å²) in [6.45, 7) is 5.22. The van der Waals surface area contributed by atoms with E-state index in [9.17, 15) is 4.79 Å². The molecule has 2 aliphatic carbocycles. The topological polar surface area (TPSA) is 41.6 Å². The zero-order valence-electron chi connectivity index (χ0n) is 15.2. The van der Waals surface area contributed by atoms with Crippen LogP contribution in [0.25, 0.3) is 0 Å². The van der Waals surface area contributed by atoms with Crippen LogP contribution < -0.4 is 5.32 Å². The van der Waals surface area contributed by atoms with Gasteiger partial charge in [-0.1, -0.05) is 43.2 Å². The molecule has 1 heterocycles. The highest BCUT2D eigenvalue weighted by Gasteiger charge is 2.52. The Morgan fingerprint density at radius 1 is 1.12 bits per heavy atom. The minimum Gasteiger partial charge on any atom is -0.379 e. The van der Waals surface area contributed by atoms with Gasteiger partial charge in [-0.2, -0.15) is 0 Å². The van der Waals surface area contributed by atoms with Gasteiger partial charge in [0.05, 0.1) is 19.3 Å². The van der Waals surface area contributed by atoms with Gasteiger partial charge in [-0.05, 0) is 37.2 Å². The Labute approximate surface area is 150 Å². The molecule has 3 fully saturated rings. The fraction of sp³-hybridized carbons (Fsp3) is 0.667. The summed E-state index contributed by atoms with van der Waals surface area (Å²) in [5.74, 6) is 2.10. The standard InChI is InChI=1S/C21H30N2O2/c1-15(23-11-13-25-14-12-23)21(24)22-20-18-10-6-5-9-17(18)19(20)16-7-3-2-4-8-16/h2-4,7-8,15,17-20H,5-6,9-14H2,1H3,(H,22,24)/t15-,17-,18-,19+,20+/m1/s1. The Hall–Kier alpha value is -1.39. The molecule has 1 aromatic rings. The van der Waals surface area contributed by atoms with E-state index in [2.05, 4.69) is 40.5 Å². The predicted octanol–water partition coefficient (Wildman–Crippen LogP) is 2.80. The van der Waals surface area contributed by atoms with Crippen molar-refractivity contribution in [2.24, 2.45) is 11.8 Å². The van der Waals surface area contributed by atoms with E-state index in [-0.39, 0.29) is 11.9 Å². The van der Waals surface area contributed by atoms with Crippen LogP contribution in [0.4, 0.5) is 0 Å². The molecule has 1 N–H and O–H groups in total. The highest BCUT2D eigenvalue weighted by Crippen LogP contribution is 2.54. The second kappa shape index (κ2) is 7.46. The van der Waals surface area contributed by atoms with E-state index in [1.54, 1.807) is 0 Å². The minimum atomic E-state index is -0.0667. The molecule has 4 heteroatoms. The van der Waals surface area contributed by atoms with Gasteiger partial charge in [-0.3, -0.25) is 9.69 Å². The molecule has 0 radical (unpaired) electrons. The van der Waals surface area contributed by atoms with Crippen molar-refractivity contribution in [2.75, 3.05) is 26.3 Å². The molecule has 2 saturated carbocycles. The van der Waals surface area contributed by atoms with E-state index in [4.69, 9.17) is 4.74 Å². The van der Waals surface area contributed by atoms with E-state index in [1.807, 2.05) is 6.92 Å². The van der Waals surface area contributed by atoms with Crippen LogP contribution in [0.2, 0.25) is 0 Å². The second-order valence-corrected chi connectivity index (χ2v) is 7.91. The zero-order chi connectivity index (χ0) is 17.2. The lowest BCUT2D eigenvalue weighted by atomic mass is 9.53. The van der Waals surface area contributed by atoms with E-state index < -0.39 is 0 Å². The predicted molar refractivity (Wildman–Crippen MR) is 98.4 cm³/mol. The lowest BCUT2D eigenvalue weighted by molar-refractivity contribution is -0.131. The van der Waals surface area contributed by atoms with Crippen molar-refractivity contribution >= 4 is 5.91 Å². The molecule has 0 unspecified atom stereocenters. The number of amides is 1. The van der Waals surface area contributed by atoms with Crippen molar-refractivity contribution in [1.82, 2.24) is 10.2 Å². The molecule has 1 aromatic carbocycles. The number of carbonyl (C=O) groups is 1. The van der Waals surface area contributed by atoms with E-state index in [1.165, 1.54) is 31.2 Å². The van der Waals surface area contributed by atoms with Gasteiger partial charge in [-0.25, -0.2) is 0 Å². The summed E-state index contributed by atoms with van der Waals surface area (Å²) in [6, 6.07) is 11.0. The van der Waals surface area contributed by atoms with Gasteiger partial charge in [0.2, 0.25) is 5.91 Å². The zero-order valence-corrected chi connectivity index (χ0v) is 15.2. The van der Waals surface area contributed by atoms with Gasteiger partial charge in [-0.15, -0.1) is 0 Å². The number of fused-ring (bicyclic) bond motifs is 1. The Bertz CT molecular complexity index is 585. The molecule has 136 valence electrons. The molecule has 0 aromatic heterocycles. The van der Waals surface area contributed by atoms with Crippen LogP contribution in [0.3, 0.4) is 0 Å². The quantitative estimate of drug-likeness (QED) is 0.915. The number of nitrogens with zero attached hydrogens (tertiary/aromatic N) is 1. The van der Waals surface area contributed by atoms with Crippen LogP contribution in [0.5, 0.6) is 0 Å². The SMILES string of the molecule is C[C@H](C(=O)N[C@H]1[C@@H]2CCCC[C@H]2[C@@H]1c1ccccc1)N1CCOCC1. The number of carbonyl (C=O) groups excluding carboxylic acids is 1. The van der Waals surface area contributed by atoms with Crippen molar-refractivity contribution in [3.05, 3.63) is 35.9 Å². The maximum absolute atomic E-state index is 12.9. The lowest BCUT2D eigenvalue weighted by Gasteiger charge is -2.55. The average Bonchev–Trinajstić information content (AvgIpc) is 2.67. The maximum atomic E-state index is 12.9. The van der Waals surface area contributed by atoms with Gasteiger partial charge < -0.3 is 10.1 Å². The summed E-state index contributed by atoms with van der Waals surface area (Å²) in [7, 11) is 0. The van der Waals surface area contributed by atoms with Crippen LogP contribution >= 0.6 is 0 Å². The number of ether oxygens (including phenoxy) is 1. The first-order valence-electron chi connectivity index (χ1n) is 9.93. The molecule has 1 aliphatic heterocycles. The summed E-state index contributed by atoms with van der Waals surface area (Å²) < 4.78 is 5.42. The molecular formula is C21H30N2O2. The van der Waals surface area contributed by atoms with Crippen LogP contribution in [0.1, 0.15) is 44.1 Å². The molecule has 4 nitrogen and oxygen atoms in total. The highest BCUT2D eigenvalue weighted by molar-refractivity contribution is 5.82. The normalized spacial score (nSPS) is 33.8. The number of hydrogen-bond acceptors (Lipinski definition) is 3. The number of morpholine rings is 1. The first-order chi connectivity index (χ1) is 12.3. The minimum absolute atomic E-state index is 0.0667. The van der Waals surface area contributed by atoms with Crippen molar-refractivity contribution in [3.63, 3.8) is 0 Å². The van der Waals surface area contributed by atoms with Crippen LogP contribution in [0.15, 0.2) is 30.3 Å². The van der Waals surface area contributed by atoms with Gasteiger partial charge in [0.1, 0.15) is 0 Å². The molecule has 0 bridgehead atoms. The lowest BCUT2D eigenvalue weighted by Crippen LogP contribution is -2.62. The largest absolute Gasteiger partial charge is 0.379 e. The number of hydrogen-bond donors (Lipinski definition) is 1. The third-order valence-corrected chi connectivity index (χ3v) is 6.65. The number of benzene rings is 1. The molecule has 1 amide bonds. The van der Waals surface area contributed by atoms with Gasteiger partial charge in [0.25, 0.3) is 0 Å². The molecule has 3 aliphatic rings. The highest BCUT2D eigenvalue weighted by atomic mass is 16.5. The maximum Gasteiger partial charge on any atom is 0.237 e. The Balaban J connectivity index is 1.46. The molecule has 1 saturated heterocycles. The molecular weight excluding hydrogens is 312 g/mol. The van der Waals surface area contributed by atoms with E-state index in [0.717, 1.165) is 32.2 Å². The fourth-order valence-electron chi connectivity index (χ4n) is 5.21. The molecule has 4 rings (SSSR count). The van der Waals surface area contributed by atoms with E-state index >= 15 is 0 Å². The second-order valence-electron chi connectivity index (χ2n) is 7.91. The fourth-order valence-corrected chi connectivity index (χ4v) is 5.21. The smallest absolute Gasteiger partial charge is 0.237 e. The van der Waals surface area contributed by atoms with E-state index in [0.29, 0.717) is 17.9 Å². The average molecular weight is 342 g/mol. The van der Waals surface area contributed by atoms with Crippen molar-refractivity contribution in [2.45, 2.75) is 50.6 Å². The van der Waals surface area contributed by atoms with Crippen molar-refractivity contribution in [1.29, 1.82) is 0 Å². The van der Waals surface area contributed by atoms with Crippen LogP contribution in [-0.4, -0.2) is 49.2 Å². The monoisotopic (exact) mass is 342 g/mol. The van der Waals surface area contributed by atoms with Crippen LogP contribution in [-0.2, 0) is 9.53 Å². The molecule has 25 heavy (non-hydrogen) atoms. The van der Waals surface area contributed by atoms with Gasteiger partial charge >= 0.3 is 0 Å². The molecule has 5 atom stereocenters. The summed E-state index contributed by atoms with van der Waals surface area (Å²) in [5, 5.41) is 3.44.